The van der Waals surface area contributed by atoms with Gasteiger partial charge in [-0.15, -0.1) is 23.1 Å². The predicted octanol–water partition coefficient (Wildman–Crippen LogP) is -0.209. The number of nitrogens with two attached hydrogens (primary N) is 2. The van der Waals surface area contributed by atoms with Gasteiger partial charge in [0.2, 0.25) is 5.91 Å². The van der Waals surface area contributed by atoms with Crippen LogP contribution in [0.4, 0.5) is 5.13 Å². The first-order chi connectivity index (χ1) is 19.2. The summed E-state index contributed by atoms with van der Waals surface area (Å²) in [5.74, 6) is -2.57. The van der Waals surface area contributed by atoms with Gasteiger partial charge in [-0.1, -0.05) is 5.16 Å². The normalized spacial score (nSPS) is 18.7. The number of primary amides is 1. The third kappa shape index (κ3) is 5.22. The standard InChI is InChI=1S/C21H17N9O6S4/c1-36-27-11(9-6-38-19(23)24-9)15(32)25-12-16(33)30-13(18(34)35)10(7-37-17(12)30)39-21-26-20(28-40-21)29-4-2-8(3-5-29)14(22)31/h2-6,12,17H,7H2,1H3,(H5-,22,23,24,25,31,32,34,35)/p+1/b27-11+/t12-,17?/m1/s1. The van der Waals surface area contributed by atoms with Gasteiger partial charge >= 0.3 is 11.9 Å². The molecule has 0 aromatic carbocycles. The smallest absolute Gasteiger partial charge is 0.451 e. The Hall–Kier alpha value is -4.07. The molecule has 5 heterocycles. The molecular formula is C21H18N9O6S4+. The Morgan fingerprint density at radius 2 is 2.05 bits per heavy atom. The molecule has 19 heteroatoms. The van der Waals surface area contributed by atoms with Crippen LogP contribution in [0.1, 0.15) is 16.1 Å². The minimum absolute atomic E-state index is 0.165. The van der Waals surface area contributed by atoms with Gasteiger partial charge in [0.15, 0.2) is 10.8 Å². The first kappa shape index (κ1) is 27.5. The number of pyridine rings is 1. The van der Waals surface area contributed by atoms with Gasteiger partial charge in [-0.05, 0) is 28.9 Å². The molecule has 206 valence electrons. The van der Waals surface area contributed by atoms with Crippen molar-refractivity contribution in [2.75, 3.05) is 18.6 Å². The van der Waals surface area contributed by atoms with Gasteiger partial charge < -0.3 is 26.7 Å². The number of anilines is 1. The summed E-state index contributed by atoms with van der Waals surface area (Å²) in [5.41, 5.74) is 11.1. The van der Waals surface area contributed by atoms with Crippen molar-refractivity contribution in [3.05, 3.63) is 51.8 Å². The van der Waals surface area contributed by atoms with E-state index in [9.17, 15) is 24.3 Å². The van der Waals surface area contributed by atoms with E-state index < -0.39 is 35.1 Å². The Labute approximate surface area is 241 Å². The highest BCUT2D eigenvalue weighted by Gasteiger charge is 2.54. The molecule has 5 rings (SSSR count). The second kappa shape index (κ2) is 11.2. The predicted molar refractivity (Wildman–Crippen MR) is 146 cm³/mol. The maximum absolute atomic E-state index is 13.1. The number of aliphatic carboxylic acids is 1. The Bertz CT molecular complexity index is 1580. The minimum atomic E-state index is -1.29. The number of carbonyl (C=O) groups excluding carboxylic acids is 3. The summed E-state index contributed by atoms with van der Waals surface area (Å²) >= 11 is 4.55. The number of hydrogen-bond acceptors (Lipinski definition) is 14. The molecule has 3 aromatic rings. The van der Waals surface area contributed by atoms with Crippen LogP contribution in [0.3, 0.4) is 0 Å². The fourth-order valence-electron chi connectivity index (χ4n) is 3.75. The van der Waals surface area contributed by atoms with Crippen LogP contribution in [-0.2, 0) is 19.2 Å². The van der Waals surface area contributed by atoms with Crippen molar-refractivity contribution in [3.8, 4) is 5.95 Å². The molecule has 2 aliphatic heterocycles. The lowest BCUT2D eigenvalue weighted by Crippen LogP contribution is -2.71. The second-order valence-corrected chi connectivity index (χ2v) is 12.0. The van der Waals surface area contributed by atoms with Crippen molar-refractivity contribution >= 4 is 80.9 Å². The zero-order valence-corrected chi connectivity index (χ0v) is 23.5. The van der Waals surface area contributed by atoms with Crippen molar-refractivity contribution < 1.29 is 33.7 Å². The van der Waals surface area contributed by atoms with Crippen molar-refractivity contribution in [2.45, 2.75) is 15.8 Å². The average molecular weight is 621 g/mol. The van der Waals surface area contributed by atoms with Gasteiger partial charge in [0.1, 0.15) is 41.4 Å². The number of nitrogens with zero attached hydrogens (tertiary/aromatic N) is 6. The van der Waals surface area contributed by atoms with E-state index in [0.717, 1.165) is 39.5 Å². The highest BCUT2D eigenvalue weighted by molar-refractivity contribution is 8.07. The molecule has 0 saturated carbocycles. The van der Waals surface area contributed by atoms with Gasteiger partial charge in [-0.3, -0.25) is 19.3 Å². The lowest BCUT2D eigenvalue weighted by molar-refractivity contribution is -0.603. The van der Waals surface area contributed by atoms with E-state index >= 15 is 0 Å². The van der Waals surface area contributed by atoms with Crippen molar-refractivity contribution in [3.63, 3.8) is 0 Å². The van der Waals surface area contributed by atoms with Gasteiger partial charge in [-0.2, -0.15) is 0 Å². The molecule has 40 heavy (non-hydrogen) atoms. The SMILES string of the molecule is CO/N=C(/C(=O)N[C@@H]1C(=O)N2C(C(=O)O)=C(Sc3nc(-[n+]4ccc(C(N)=O)cc4)ns3)CSC12)c1csc(N)n1. The number of aromatic nitrogens is 4. The molecule has 2 atom stereocenters. The van der Waals surface area contributed by atoms with Crippen molar-refractivity contribution in [2.24, 2.45) is 10.9 Å². The minimum Gasteiger partial charge on any atom is -0.477 e. The zero-order chi connectivity index (χ0) is 28.6. The summed E-state index contributed by atoms with van der Waals surface area (Å²) in [5, 5.41) is 17.4. The lowest BCUT2D eigenvalue weighted by atomic mass is 10.0. The molecule has 0 bridgehead atoms. The summed E-state index contributed by atoms with van der Waals surface area (Å²) in [6.45, 7) is 0. The topological polar surface area (TPSA) is 220 Å². The molecule has 6 N–H and O–H groups in total. The Morgan fingerprint density at radius 3 is 2.67 bits per heavy atom. The van der Waals surface area contributed by atoms with E-state index in [1.807, 2.05) is 0 Å². The quantitative estimate of drug-likeness (QED) is 0.106. The van der Waals surface area contributed by atoms with Crippen molar-refractivity contribution in [1.29, 1.82) is 0 Å². The maximum Gasteiger partial charge on any atom is 0.451 e. The van der Waals surface area contributed by atoms with Crippen LogP contribution in [0, 0.1) is 0 Å². The second-order valence-electron chi connectivity index (χ2n) is 7.95. The Kier molecular flexibility index (Phi) is 7.70. The van der Waals surface area contributed by atoms with Gasteiger partial charge in [-0.25, -0.2) is 14.3 Å². The summed E-state index contributed by atoms with van der Waals surface area (Å²) < 4.78 is 6.32. The number of nitrogens with one attached hydrogen (secondary N) is 1. The number of thiazole rings is 1. The molecule has 3 amide bonds. The van der Waals surface area contributed by atoms with Gasteiger partial charge in [0.05, 0.1) is 12.4 Å². The lowest BCUT2D eigenvalue weighted by Gasteiger charge is -2.49. The van der Waals surface area contributed by atoms with E-state index in [4.69, 9.17) is 16.3 Å². The number of thioether (sulfide) groups is 2. The number of β-lactam (4-membered cyclic amide) rings is 1. The molecule has 1 unspecified atom stereocenters. The van der Waals surface area contributed by atoms with Crippen LogP contribution in [0.5, 0.6) is 0 Å². The molecule has 15 nitrogen and oxygen atoms in total. The number of nitrogen functional groups attached to an aromatic ring is 1. The van der Waals surface area contributed by atoms with E-state index in [-0.39, 0.29) is 28.0 Å². The summed E-state index contributed by atoms with van der Waals surface area (Å²) in [7, 11) is 1.26. The number of fused-ring (bicyclic) bond motifs is 1. The van der Waals surface area contributed by atoms with Crippen LogP contribution in [0.25, 0.3) is 5.95 Å². The number of oxime groups is 1. The fraction of sp³-hybridized carbons (Fsp3) is 0.190. The number of carbonyl (C=O) groups is 4. The number of amides is 3. The van der Waals surface area contributed by atoms with E-state index in [1.165, 1.54) is 36.4 Å². The first-order valence-electron chi connectivity index (χ1n) is 11.1. The maximum atomic E-state index is 13.1. The van der Waals surface area contributed by atoms with Crippen molar-refractivity contribution in [1.82, 2.24) is 24.6 Å². The molecule has 0 spiro atoms. The van der Waals surface area contributed by atoms with Crippen LogP contribution in [0.15, 0.2) is 50.0 Å². The average Bonchev–Trinajstić information content (AvgIpc) is 3.58. The molecular weight excluding hydrogens is 603 g/mol. The van der Waals surface area contributed by atoms with Gasteiger partial charge in [0, 0.05) is 26.0 Å². The third-order valence-corrected chi connectivity index (χ3v) is 9.50. The Morgan fingerprint density at radius 1 is 1.30 bits per heavy atom. The number of carboxylic acids is 1. The monoisotopic (exact) mass is 620 g/mol. The van der Waals surface area contributed by atoms with E-state index in [1.54, 1.807) is 17.0 Å². The van der Waals surface area contributed by atoms with E-state index in [0.29, 0.717) is 20.8 Å². The van der Waals surface area contributed by atoms with Gasteiger partial charge in [0.25, 0.3) is 16.2 Å². The summed E-state index contributed by atoms with van der Waals surface area (Å²) in [6, 6.07) is 2.07. The van der Waals surface area contributed by atoms with Crippen LogP contribution < -0.4 is 21.4 Å². The van der Waals surface area contributed by atoms with Crippen LogP contribution in [0.2, 0.25) is 0 Å². The summed E-state index contributed by atoms with van der Waals surface area (Å²) in [4.78, 5) is 64.2. The number of hydrogen-bond donors (Lipinski definition) is 4. The largest absolute Gasteiger partial charge is 0.477 e. The zero-order valence-electron chi connectivity index (χ0n) is 20.2. The summed E-state index contributed by atoms with van der Waals surface area (Å²) in [6.07, 6.45) is 3.16. The first-order valence-corrected chi connectivity index (χ1v) is 14.6. The molecule has 0 radical (unpaired) electrons. The van der Waals surface area contributed by atoms with E-state index in [2.05, 4.69) is 24.8 Å². The Balaban J connectivity index is 1.32. The highest BCUT2D eigenvalue weighted by atomic mass is 32.2. The fourth-order valence-corrected chi connectivity index (χ4v) is 7.53. The molecule has 3 aromatic heterocycles. The molecule has 1 saturated heterocycles. The highest BCUT2D eigenvalue weighted by Crippen LogP contribution is 2.45. The van der Waals surface area contributed by atoms with Crippen LogP contribution >= 0.6 is 46.4 Å². The van der Waals surface area contributed by atoms with Crippen LogP contribution in [-0.4, -0.2) is 78.0 Å². The molecule has 2 aliphatic rings. The molecule has 1 fully saturated rings. The third-order valence-electron chi connectivity index (χ3n) is 5.54. The molecule has 0 aliphatic carbocycles. The number of rotatable bonds is 9. The number of carboxylic acid groups (broad SMARTS) is 1.